The molecule has 3 heterocycles. The molecule has 0 saturated heterocycles. The first-order valence-electron chi connectivity index (χ1n) is 9.75. The Hall–Kier alpha value is -3.64. The summed E-state index contributed by atoms with van der Waals surface area (Å²) in [5.74, 6) is -0.106. The smallest absolute Gasteiger partial charge is 0.272 e. The van der Waals surface area contributed by atoms with E-state index in [2.05, 4.69) is 38.6 Å². The molecular weight excluding hydrogens is 392 g/mol. The van der Waals surface area contributed by atoms with Crippen LogP contribution in [0.5, 0.6) is 0 Å². The lowest BCUT2D eigenvalue weighted by atomic mass is 10.2. The number of rotatable bonds is 6. The van der Waals surface area contributed by atoms with Gasteiger partial charge in [0, 0.05) is 24.6 Å². The number of amides is 1. The third-order valence-corrected chi connectivity index (χ3v) is 5.88. The summed E-state index contributed by atoms with van der Waals surface area (Å²) < 4.78 is 5.06. The average molecular weight is 413 g/mol. The standard InChI is InChI=1S/C24H20N4OS/c29-24(26-20-9-4-8-19(14-20)16-27-12-5-11-25-27)22-15-23-21(10-13-30-23)28(22)17-18-6-2-1-3-7-18/h1-15H,16-17H2,(H,26,29). The van der Waals surface area contributed by atoms with Crippen molar-refractivity contribution in [2.24, 2.45) is 0 Å². The van der Waals surface area contributed by atoms with Crippen molar-refractivity contribution in [1.29, 1.82) is 0 Å². The lowest BCUT2D eigenvalue weighted by molar-refractivity contribution is 0.101. The minimum Gasteiger partial charge on any atom is -0.331 e. The van der Waals surface area contributed by atoms with Crippen LogP contribution in [-0.2, 0) is 13.1 Å². The number of carbonyl (C=O) groups is 1. The number of nitrogens with one attached hydrogen (secondary N) is 1. The first kappa shape index (κ1) is 18.4. The molecule has 1 amide bonds. The number of hydrogen-bond acceptors (Lipinski definition) is 3. The van der Waals surface area contributed by atoms with E-state index in [1.807, 2.05) is 65.5 Å². The molecule has 5 aromatic rings. The van der Waals surface area contributed by atoms with Crippen molar-refractivity contribution in [1.82, 2.24) is 14.3 Å². The highest BCUT2D eigenvalue weighted by molar-refractivity contribution is 7.17. The summed E-state index contributed by atoms with van der Waals surface area (Å²) in [6.45, 7) is 1.32. The number of carbonyl (C=O) groups excluding carboxylic acids is 1. The van der Waals surface area contributed by atoms with Gasteiger partial charge in [-0.3, -0.25) is 9.48 Å². The van der Waals surface area contributed by atoms with Crippen molar-refractivity contribution in [2.45, 2.75) is 13.1 Å². The fraction of sp³-hybridized carbons (Fsp3) is 0.0833. The van der Waals surface area contributed by atoms with Crippen molar-refractivity contribution in [2.75, 3.05) is 5.32 Å². The maximum Gasteiger partial charge on any atom is 0.272 e. The van der Waals surface area contributed by atoms with E-state index in [0.717, 1.165) is 27.0 Å². The van der Waals surface area contributed by atoms with Gasteiger partial charge < -0.3 is 9.88 Å². The maximum absolute atomic E-state index is 13.2. The zero-order chi connectivity index (χ0) is 20.3. The normalized spacial score (nSPS) is 11.1. The van der Waals surface area contributed by atoms with Crippen LogP contribution in [0.2, 0.25) is 0 Å². The number of anilines is 1. The molecule has 0 radical (unpaired) electrons. The highest BCUT2D eigenvalue weighted by Gasteiger charge is 2.17. The maximum atomic E-state index is 13.2. The SMILES string of the molecule is O=C(Nc1cccc(Cn2cccn2)c1)c1cc2sccc2n1Cc1ccccc1. The number of thiophene rings is 1. The Morgan fingerprint density at radius 2 is 1.80 bits per heavy atom. The summed E-state index contributed by atoms with van der Waals surface area (Å²) in [4.78, 5) is 13.2. The van der Waals surface area contributed by atoms with Gasteiger partial charge in [0.15, 0.2) is 0 Å². The lowest BCUT2D eigenvalue weighted by Crippen LogP contribution is -2.17. The van der Waals surface area contributed by atoms with Crippen LogP contribution >= 0.6 is 11.3 Å². The lowest BCUT2D eigenvalue weighted by Gasteiger charge is -2.12. The zero-order valence-corrected chi connectivity index (χ0v) is 17.0. The van der Waals surface area contributed by atoms with E-state index in [0.29, 0.717) is 18.8 Å². The molecule has 0 aliphatic carbocycles. The van der Waals surface area contributed by atoms with Gasteiger partial charge >= 0.3 is 0 Å². The van der Waals surface area contributed by atoms with E-state index in [4.69, 9.17) is 0 Å². The molecule has 3 aromatic heterocycles. The molecule has 0 aliphatic heterocycles. The summed E-state index contributed by atoms with van der Waals surface area (Å²) in [5, 5.41) is 9.38. The fourth-order valence-electron chi connectivity index (χ4n) is 3.63. The van der Waals surface area contributed by atoms with Crippen molar-refractivity contribution >= 4 is 33.1 Å². The van der Waals surface area contributed by atoms with E-state index in [9.17, 15) is 4.79 Å². The van der Waals surface area contributed by atoms with Crippen LogP contribution in [0, 0.1) is 0 Å². The summed E-state index contributed by atoms with van der Waals surface area (Å²) in [7, 11) is 0. The number of benzene rings is 2. The van der Waals surface area contributed by atoms with Gasteiger partial charge in [-0.2, -0.15) is 5.10 Å². The van der Waals surface area contributed by atoms with Gasteiger partial charge in [0.2, 0.25) is 0 Å². The zero-order valence-electron chi connectivity index (χ0n) is 16.2. The molecule has 0 spiro atoms. The quantitative estimate of drug-likeness (QED) is 0.414. The Kier molecular flexibility index (Phi) is 4.91. The van der Waals surface area contributed by atoms with Gasteiger partial charge in [-0.1, -0.05) is 42.5 Å². The molecular formula is C24H20N4OS. The summed E-state index contributed by atoms with van der Waals surface area (Å²) in [6, 6.07) is 24.1. The molecule has 5 nitrogen and oxygen atoms in total. The van der Waals surface area contributed by atoms with E-state index >= 15 is 0 Å². The van der Waals surface area contributed by atoms with E-state index < -0.39 is 0 Å². The molecule has 0 bridgehead atoms. The van der Waals surface area contributed by atoms with E-state index in [1.165, 1.54) is 0 Å². The van der Waals surface area contributed by atoms with Gasteiger partial charge in [-0.15, -0.1) is 11.3 Å². The summed E-state index contributed by atoms with van der Waals surface area (Å²) in [6.07, 6.45) is 3.69. The average Bonchev–Trinajstić information content (AvgIpc) is 3.48. The van der Waals surface area contributed by atoms with Gasteiger partial charge in [0.05, 0.1) is 16.8 Å². The van der Waals surface area contributed by atoms with Crippen LogP contribution in [0.15, 0.2) is 90.6 Å². The topological polar surface area (TPSA) is 51.9 Å². The van der Waals surface area contributed by atoms with Crippen LogP contribution in [0.4, 0.5) is 5.69 Å². The second-order valence-corrected chi connectivity index (χ2v) is 8.08. The van der Waals surface area contributed by atoms with Crippen molar-refractivity contribution in [3.05, 3.63) is 107 Å². The number of aromatic nitrogens is 3. The minimum absolute atomic E-state index is 0.106. The van der Waals surface area contributed by atoms with Crippen molar-refractivity contribution in [3.8, 4) is 0 Å². The van der Waals surface area contributed by atoms with Crippen LogP contribution in [-0.4, -0.2) is 20.3 Å². The molecule has 0 fully saturated rings. The van der Waals surface area contributed by atoms with Crippen LogP contribution < -0.4 is 5.32 Å². The van der Waals surface area contributed by atoms with Crippen molar-refractivity contribution in [3.63, 3.8) is 0 Å². The van der Waals surface area contributed by atoms with Gasteiger partial charge in [0.25, 0.3) is 5.91 Å². The molecule has 148 valence electrons. The van der Waals surface area contributed by atoms with Gasteiger partial charge in [-0.05, 0) is 46.8 Å². The molecule has 0 atom stereocenters. The van der Waals surface area contributed by atoms with Crippen molar-refractivity contribution < 1.29 is 4.79 Å². The molecule has 0 aliphatic rings. The number of nitrogens with zero attached hydrogens (tertiary/aromatic N) is 3. The number of fused-ring (bicyclic) bond motifs is 1. The van der Waals surface area contributed by atoms with E-state index in [1.54, 1.807) is 17.5 Å². The second kappa shape index (κ2) is 8.00. The molecule has 5 rings (SSSR count). The Balaban J connectivity index is 1.41. The minimum atomic E-state index is -0.106. The molecule has 1 N–H and O–H groups in total. The third-order valence-electron chi connectivity index (χ3n) is 5.03. The first-order chi connectivity index (χ1) is 14.8. The second-order valence-electron chi connectivity index (χ2n) is 7.13. The van der Waals surface area contributed by atoms with Crippen LogP contribution in [0.3, 0.4) is 0 Å². The Morgan fingerprint density at radius 1 is 0.933 bits per heavy atom. The molecule has 0 saturated carbocycles. The van der Waals surface area contributed by atoms with E-state index in [-0.39, 0.29) is 5.91 Å². The number of hydrogen-bond donors (Lipinski definition) is 1. The van der Waals surface area contributed by atoms with Crippen LogP contribution in [0.25, 0.3) is 10.2 Å². The first-order valence-corrected chi connectivity index (χ1v) is 10.6. The summed E-state index contributed by atoms with van der Waals surface area (Å²) >= 11 is 1.65. The monoisotopic (exact) mass is 412 g/mol. The highest BCUT2D eigenvalue weighted by Crippen LogP contribution is 2.27. The molecule has 2 aromatic carbocycles. The molecule has 0 unspecified atom stereocenters. The van der Waals surface area contributed by atoms with Gasteiger partial charge in [0.1, 0.15) is 5.69 Å². The highest BCUT2D eigenvalue weighted by atomic mass is 32.1. The predicted molar refractivity (Wildman–Crippen MR) is 121 cm³/mol. The fourth-order valence-corrected chi connectivity index (χ4v) is 4.45. The Bertz CT molecular complexity index is 1290. The summed E-state index contributed by atoms with van der Waals surface area (Å²) in [5.41, 5.74) is 4.77. The third kappa shape index (κ3) is 3.77. The Morgan fingerprint density at radius 3 is 2.63 bits per heavy atom. The Labute approximate surface area is 178 Å². The molecule has 30 heavy (non-hydrogen) atoms. The molecule has 6 heteroatoms. The van der Waals surface area contributed by atoms with Gasteiger partial charge in [-0.25, -0.2) is 0 Å². The predicted octanol–water partition coefficient (Wildman–Crippen LogP) is 5.25. The van der Waals surface area contributed by atoms with Crippen LogP contribution in [0.1, 0.15) is 21.6 Å². The largest absolute Gasteiger partial charge is 0.331 e.